The minimum atomic E-state index is 0.0653. The number of ether oxygens (including phenoxy) is 1. The van der Waals surface area contributed by atoms with E-state index in [-0.39, 0.29) is 5.91 Å². The average molecular weight is 403 g/mol. The molecule has 4 heteroatoms. The molecule has 0 spiro atoms. The van der Waals surface area contributed by atoms with Crippen LogP contribution in [-0.4, -0.2) is 36.0 Å². The number of nitrogens with zero attached hydrogens (tertiary/aromatic N) is 1. The molecule has 2 saturated heterocycles. The van der Waals surface area contributed by atoms with Gasteiger partial charge in [-0.1, -0.05) is 17.7 Å². The van der Waals surface area contributed by atoms with Crippen LogP contribution in [-0.2, 0) is 0 Å². The Balaban J connectivity index is 1.63. The van der Waals surface area contributed by atoms with Crippen LogP contribution in [0.5, 0.6) is 11.5 Å². The topological polar surface area (TPSA) is 41.6 Å². The first-order valence-electron chi connectivity index (χ1n) is 11.3. The Labute approximate surface area is 178 Å². The lowest BCUT2D eigenvalue weighted by Gasteiger charge is -2.31. The fourth-order valence-electron chi connectivity index (χ4n) is 5.31. The van der Waals surface area contributed by atoms with Gasteiger partial charge in [0.1, 0.15) is 11.5 Å². The second-order valence-corrected chi connectivity index (χ2v) is 8.81. The number of benzene rings is 2. The van der Waals surface area contributed by atoms with Gasteiger partial charge in [0.2, 0.25) is 0 Å². The van der Waals surface area contributed by atoms with E-state index < -0.39 is 0 Å². The number of fused-ring (bicyclic) bond motifs is 4. The Hall–Kier alpha value is -2.59. The molecule has 0 aliphatic carbocycles. The monoisotopic (exact) mass is 402 g/mol. The maximum atomic E-state index is 12.9. The summed E-state index contributed by atoms with van der Waals surface area (Å²) >= 11 is 0. The van der Waals surface area contributed by atoms with Crippen LogP contribution in [0.25, 0.3) is 5.57 Å². The van der Waals surface area contributed by atoms with Gasteiger partial charge in [-0.05, 0) is 81.9 Å². The van der Waals surface area contributed by atoms with Gasteiger partial charge in [-0.3, -0.25) is 4.79 Å². The number of carbonyl (C=O) groups is 1. The number of nitrogens with one attached hydrogen (secondary N) is 1. The van der Waals surface area contributed by atoms with Crippen molar-refractivity contribution in [2.45, 2.75) is 58.5 Å². The van der Waals surface area contributed by atoms with E-state index in [0.29, 0.717) is 30.7 Å². The molecule has 0 aromatic heterocycles. The number of hydrogen-bond acceptors (Lipinski definition) is 3. The van der Waals surface area contributed by atoms with E-state index in [9.17, 15) is 4.79 Å². The number of piperidine rings is 1. The third-order valence-electron chi connectivity index (χ3n) is 6.85. The van der Waals surface area contributed by atoms with Crippen LogP contribution < -0.4 is 10.1 Å². The number of carbonyl (C=O) groups excluding carboxylic acids is 1. The number of amides is 1. The van der Waals surface area contributed by atoms with E-state index >= 15 is 0 Å². The second kappa shape index (κ2) is 7.59. The highest BCUT2D eigenvalue weighted by Crippen LogP contribution is 2.48. The van der Waals surface area contributed by atoms with Gasteiger partial charge >= 0.3 is 0 Å². The lowest BCUT2D eigenvalue weighted by atomic mass is 9.84. The van der Waals surface area contributed by atoms with Crippen molar-refractivity contribution in [1.29, 1.82) is 0 Å². The molecule has 2 unspecified atom stereocenters. The highest BCUT2D eigenvalue weighted by Gasteiger charge is 2.34. The summed E-state index contributed by atoms with van der Waals surface area (Å²) in [6, 6.07) is 13.7. The first kappa shape index (κ1) is 19.4. The Bertz CT molecular complexity index is 1020. The van der Waals surface area contributed by atoms with Crippen LogP contribution in [0.15, 0.2) is 42.0 Å². The zero-order chi connectivity index (χ0) is 20.8. The molecule has 4 nitrogen and oxygen atoms in total. The zero-order valence-corrected chi connectivity index (χ0v) is 18.1. The van der Waals surface area contributed by atoms with Gasteiger partial charge in [0, 0.05) is 41.9 Å². The van der Waals surface area contributed by atoms with Crippen molar-refractivity contribution in [3.63, 3.8) is 0 Å². The molecule has 2 fully saturated rings. The Morgan fingerprint density at radius 1 is 1.00 bits per heavy atom. The maximum absolute atomic E-state index is 12.9. The highest BCUT2D eigenvalue weighted by atomic mass is 16.5. The normalized spacial score (nSPS) is 21.7. The lowest BCUT2D eigenvalue weighted by Crippen LogP contribution is -2.35. The smallest absolute Gasteiger partial charge is 0.253 e. The minimum absolute atomic E-state index is 0.0653. The SMILES string of the molecule is CCN(CC)C(=O)c1ccc2c(c1)Oc1cc(C)ccc1C2=C1CC2CCC(C1)N2. The fraction of sp³-hybridized carbons (Fsp3) is 0.423. The zero-order valence-electron chi connectivity index (χ0n) is 18.1. The van der Waals surface area contributed by atoms with E-state index in [0.717, 1.165) is 29.9 Å². The summed E-state index contributed by atoms with van der Waals surface area (Å²) in [4.78, 5) is 14.8. The van der Waals surface area contributed by atoms with Gasteiger partial charge in [-0.15, -0.1) is 0 Å². The van der Waals surface area contributed by atoms with E-state index in [1.807, 2.05) is 30.9 Å². The van der Waals surface area contributed by atoms with Crippen LogP contribution in [0.4, 0.5) is 0 Å². The summed E-state index contributed by atoms with van der Waals surface area (Å²) < 4.78 is 6.37. The molecule has 0 saturated carbocycles. The standard InChI is InChI=1S/C26H30N2O2/c1-4-28(5-2)26(29)17-7-11-22-24(15-17)30-23-12-16(3)6-10-21(23)25(22)18-13-19-8-9-20(14-18)27-19/h6-7,10-12,15,19-20,27H,4-5,8-9,13-14H2,1-3H3. The molecule has 2 aromatic rings. The first-order chi connectivity index (χ1) is 14.6. The highest BCUT2D eigenvalue weighted by molar-refractivity contribution is 5.97. The quantitative estimate of drug-likeness (QED) is 0.646. The molecule has 3 aliphatic rings. The van der Waals surface area contributed by atoms with Crippen LogP contribution in [0.3, 0.4) is 0 Å². The van der Waals surface area contributed by atoms with Crippen molar-refractivity contribution in [3.8, 4) is 11.5 Å². The largest absolute Gasteiger partial charge is 0.456 e. The molecule has 1 amide bonds. The van der Waals surface area contributed by atoms with Crippen molar-refractivity contribution < 1.29 is 9.53 Å². The summed E-state index contributed by atoms with van der Waals surface area (Å²) in [6.45, 7) is 7.55. The molecule has 2 bridgehead atoms. The molecule has 5 rings (SSSR count). The van der Waals surface area contributed by atoms with Crippen molar-refractivity contribution in [2.75, 3.05) is 13.1 Å². The number of aryl methyl sites for hydroxylation is 1. The van der Waals surface area contributed by atoms with Crippen LogP contribution in [0.1, 0.15) is 66.6 Å². The second-order valence-electron chi connectivity index (χ2n) is 8.81. The van der Waals surface area contributed by atoms with Gasteiger partial charge in [0.25, 0.3) is 5.91 Å². The maximum Gasteiger partial charge on any atom is 0.253 e. The first-order valence-corrected chi connectivity index (χ1v) is 11.3. The molecule has 2 atom stereocenters. The number of rotatable bonds is 3. The summed E-state index contributed by atoms with van der Waals surface area (Å²) in [5.41, 5.74) is 7.04. The molecule has 0 radical (unpaired) electrons. The van der Waals surface area contributed by atoms with Gasteiger partial charge < -0.3 is 15.0 Å². The molecule has 2 aromatic carbocycles. The Morgan fingerprint density at radius 2 is 1.63 bits per heavy atom. The Morgan fingerprint density at radius 3 is 2.30 bits per heavy atom. The third-order valence-corrected chi connectivity index (χ3v) is 6.85. The Kier molecular flexibility index (Phi) is 4.90. The third kappa shape index (κ3) is 3.24. The minimum Gasteiger partial charge on any atom is -0.456 e. The van der Waals surface area contributed by atoms with Gasteiger partial charge in [0.15, 0.2) is 0 Å². The summed E-state index contributed by atoms with van der Waals surface area (Å²) in [7, 11) is 0. The summed E-state index contributed by atoms with van der Waals surface area (Å²) in [5.74, 6) is 1.78. The van der Waals surface area contributed by atoms with Crippen molar-refractivity contribution in [3.05, 3.63) is 64.2 Å². The summed E-state index contributed by atoms with van der Waals surface area (Å²) in [5, 5.41) is 3.75. The molecule has 30 heavy (non-hydrogen) atoms. The van der Waals surface area contributed by atoms with E-state index in [1.165, 1.54) is 35.1 Å². The molecular weight excluding hydrogens is 372 g/mol. The molecule has 156 valence electrons. The van der Waals surface area contributed by atoms with Gasteiger partial charge in [-0.25, -0.2) is 0 Å². The van der Waals surface area contributed by atoms with Crippen LogP contribution in [0, 0.1) is 6.92 Å². The van der Waals surface area contributed by atoms with Crippen molar-refractivity contribution in [1.82, 2.24) is 10.2 Å². The molecular formula is C26H30N2O2. The van der Waals surface area contributed by atoms with E-state index in [4.69, 9.17) is 4.74 Å². The van der Waals surface area contributed by atoms with Gasteiger partial charge in [0.05, 0.1) is 0 Å². The molecule has 1 N–H and O–H groups in total. The predicted molar refractivity (Wildman–Crippen MR) is 120 cm³/mol. The van der Waals surface area contributed by atoms with E-state index in [1.54, 1.807) is 0 Å². The number of hydrogen-bond donors (Lipinski definition) is 1. The van der Waals surface area contributed by atoms with Crippen molar-refractivity contribution >= 4 is 11.5 Å². The lowest BCUT2D eigenvalue weighted by molar-refractivity contribution is 0.0772. The average Bonchev–Trinajstić information content (AvgIpc) is 3.09. The van der Waals surface area contributed by atoms with Crippen molar-refractivity contribution in [2.24, 2.45) is 0 Å². The van der Waals surface area contributed by atoms with Crippen LogP contribution in [0.2, 0.25) is 0 Å². The predicted octanol–water partition coefficient (Wildman–Crippen LogP) is 5.30. The van der Waals surface area contributed by atoms with Crippen LogP contribution >= 0.6 is 0 Å². The fourth-order valence-corrected chi connectivity index (χ4v) is 5.31. The molecule has 3 aliphatic heterocycles. The summed E-state index contributed by atoms with van der Waals surface area (Å²) in [6.07, 6.45) is 4.73. The molecule has 3 heterocycles. The van der Waals surface area contributed by atoms with E-state index in [2.05, 4.69) is 36.5 Å². The van der Waals surface area contributed by atoms with Gasteiger partial charge in [-0.2, -0.15) is 0 Å².